The summed E-state index contributed by atoms with van der Waals surface area (Å²) in [6.07, 6.45) is 1.16. The molecule has 10 heteroatoms. The van der Waals surface area contributed by atoms with Crippen LogP contribution in [0.25, 0.3) is 0 Å². The van der Waals surface area contributed by atoms with Crippen molar-refractivity contribution < 1.29 is 9.85 Å². The normalized spacial score (nSPS) is 10.1. The van der Waals surface area contributed by atoms with Gasteiger partial charge in [0.25, 0.3) is 5.69 Å². The predicted octanol–water partition coefficient (Wildman–Crippen LogP) is 2.49. The van der Waals surface area contributed by atoms with Gasteiger partial charge < -0.3 is 5.32 Å². The Morgan fingerprint density at radius 2 is 1.86 bits per heavy atom. The highest BCUT2D eigenvalue weighted by molar-refractivity contribution is 7.99. The highest BCUT2D eigenvalue weighted by atomic mass is 32.2. The van der Waals surface area contributed by atoms with Crippen molar-refractivity contribution in [2.75, 3.05) is 12.4 Å². The molecular formula is C11H9N5O4S. The molecule has 1 aromatic carbocycles. The monoisotopic (exact) mass is 307 g/mol. The first-order valence-corrected chi connectivity index (χ1v) is 6.44. The second-order valence-electron chi connectivity index (χ2n) is 3.71. The molecule has 0 unspecified atom stereocenters. The molecule has 0 aliphatic rings. The third kappa shape index (κ3) is 3.05. The highest BCUT2D eigenvalue weighted by Crippen LogP contribution is 2.39. The zero-order chi connectivity index (χ0) is 15.4. The number of nitrogens with zero attached hydrogens (tertiary/aromatic N) is 4. The van der Waals surface area contributed by atoms with Gasteiger partial charge in [0.05, 0.1) is 14.7 Å². The van der Waals surface area contributed by atoms with E-state index in [2.05, 4.69) is 15.3 Å². The molecule has 0 aliphatic heterocycles. The van der Waals surface area contributed by atoms with Gasteiger partial charge in [-0.25, -0.2) is 9.97 Å². The Morgan fingerprint density at radius 1 is 1.14 bits per heavy atom. The maximum atomic E-state index is 11.1. The maximum absolute atomic E-state index is 11.1. The van der Waals surface area contributed by atoms with Crippen LogP contribution in [0.15, 0.2) is 40.5 Å². The lowest BCUT2D eigenvalue weighted by molar-refractivity contribution is -0.388. The van der Waals surface area contributed by atoms with E-state index in [-0.39, 0.29) is 27.1 Å². The average molecular weight is 307 g/mol. The van der Waals surface area contributed by atoms with Gasteiger partial charge in [0, 0.05) is 13.1 Å². The number of nitro benzene ring substituents is 1. The van der Waals surface area contributed by atoms with Crippen molar-refractivity contribution in [1.82, 2.24) is 9.97 Å². The third-order valence-electron chi connectivity index (χ3n) is 2.48. The molecule has 0 spiro atoms. The molecule has 1 aromatic heterocycles. The molecule has 0 saturated heterocycles. The Morgan fingerprint density at radius 3 is 2.48 bits per heavy atom. The summed E-state index contributed by atoms with van der Waals surface area (Å²) in [4.78, 5) is 28.8. The standard InChI is InChI=1S/C11H9N5O4S/c1-12-10-9(16(19)20)11(14-6-13-10)21-8-5-3-2-4-7(8)15(17)18/h2-6H,1H3,(H,12,13,14). The van der Waals surface area contributed by atoms with E-state index >= 15 is 0 Å². The van der Waals surface area contributed by atoms with Crippen LogP contribution in [-0.4, -0.2) is 26.9 Å². The molecule has 9 nitrogen and oxygen atoms in total. The Labute approximate surface area is 122 Å². The molecule has 108 valence electrons. The zero-order valence-corrected chi connectivity index (χ0v) is 11.5. The van der Waals surface area contributed by atoms with Gasteiger partial charge in [-0.1, -0.05) is 23.9 Å². The molecule has 0 atom stereocenters. The first-order chi connectivity index (χ1) is 10.0. The molecule has 0 aliphatic carbocycles. The summed E-state index contributed by atoms with van der Waals surface area (Å²) in [5.74, 6) is 0.0519. The Hall–Kier alpha value is -2.75. The number of para-hydroxylation sites is 1. The highest BCUT2D eigenvalue weighted by Gasteiger charge is 2.25. The van der Waals surface area contributed by atoms with Gasteiger partial charge in [-0.3, -0.25) is 20.2 Å². The molecule has 0 fully saturated rings. The predicted molar refractivity (Wildman–Crippen MR) is 75.5 cm³/mol. The molecule has 2 rings (SSSR count). The van der Waals surface area contributed by atoms with Gasteiger partial charge >= 0.3 is 5.69 Å². The number of aromatic nitrogens is 2. The number of hydrogen-bond donors (Lipinski definition) is 1. The fourth-order valence-electron chi connectivity index (χ4n) is 1.58. The van der Waals surface area contributed by atoms with E-state index in [0.717, 1.165) is 18.1 Å². The lowest BCUT2D eigenvalue weighted by Gasteiger charge is -2.05. The van der Waals surface area contributed by atoms with Crippen molar-refractivity contribution in [3.8, 4) is 0 Å². The minimum absolute atomic E-state index is 0.0358. The molecule has 21 heavy (non-hydrogen) atoms. The Kier molecular flexibility index (Phi) is 4.28. The molecule has 0 bridgehead atoms. The molecule has 0 radical (unpaired) electrons. The van der Waals surface area contributed by atoms with E-state index in [0.29, 0.717) is 0 Å². The van der Waals surface area contributed by atoms with Gasteiger partial charge in [0.2, 0.25) is 5.82 Å². The van der Waals surface area contributed by atoms with Gasteiger partial charge in [-0.2, -0.15) is 0 Å². The van der Waals surface area contributed by atoms with Crippen LogP contribution in [0, 0.1) is 20.2 Å². The van der Waals surface area contributed by atoms with Crippen LogP contribution in [-0.2, 0) is 0 Å². The molecule has 0 amide bonds. The summed E-state index contributed by atoms with van der Waals surface area (Å²) in [7, 11) is 1.49. The van der Waals surface area contributed by atoms with Crippen molar-refractivity contribution in [3.63, 3.8) is 0 Å². The van der Waals surface area contributed by atoms with Crippen molar-refractivity contribution in [3.05, 3.63) is 50.8 Å². The summed E-state index contributed by atoms with van der Waals surface area (Å²) in [5, 5.41) is 24.8. The minimum atomic E-state index is -0.622. The van der Waals surface area contributed by atoms with E-state index in [1.165, 1.54) is 25.2 Å². The lowest BCUT2D eigenvalue weighted by Crippen LogP contribution is -2.02. The fraction of sp³-hybridized carbons (Fsp3) is 0.0909. The van der Waals surface area contributed by atoms with E-state index < -0.39 is 9.85 Å². The van der Waals surface area contributed by atoms with Crippen LogP contribution in [0.2, 0.25) is 0 Å². The molecule has 1 N–H and O–H groups in total. The van der Waals surface area contributed by atoms with Crippen LogP contribution in [0.4, 0.5) is 17.2 Å². The molecular weight excluding hydrogens is 298 g/mol. The summed E-state index contributed by atoms with van der Waals surface area (Å²) >= 11 is 0.853. The second-order valence-corrected chi connectivity index (χ2v) is 4.74. The van der Waals surface area contributed by atoms with Crippen LogP contribution in [0.1, 0.15) is 0 Å². The van der Waals surface area contributed by atoms with Crippen LogP contribution in [0.5, 0.6) is 0 Å². The Balaban J connectivity index is 2.50. The smallest absolute Gasteiger partial charge is 0.343 e. The van der Waals surface area contributed by atoms with E-state index in [1.807, 2.05) is 0 Å². The number of benzene rings is 1. The van der Waals surface area contributed by atoms with Gasteiger partial charge in [-0.05, 0) is 6.07 Å². The Bertz CT molecular complexity index is 709. The average Bonchev–Trinajstić information content (AvgIpc) is 2.47. The first kappa shape index (κ1) is 14.7. The third-order valence-corrected chi connectivity index (χ3v) is 3.53. The summed E-state index contributed by atoms with van der Waals surface area (Å²) in [6, 6.07) is 5.97. The van der Waals surface area contributed by atoms with E-state index in [1.54, 1.807) is 6.07 Å². The summed E-state index contributed by atoms with van der Waals surface area (Å²) in [5.41, 5.74) is -0.454. The van der Waals surface area contributed by atoms with Gasteiger partial charge in [0.1, 0.15) is 6.33 Å². The van der Waals surface area contributed by atoms with E-state index in [9.17, 15) is 20.2 Å². The SMILES string of the molecule is CNc1ncnc(Sc2ccccc2[N+](=O)[O-])c1[N+](=O)[O-]. The van der Waals surface area contributed by atoms with Crippen molar-refractivity contribution in [2.24, 2.45) is 0 Å². The van der Waals surface area contributed by atoms with Crippen LogP contribution in [0.3, 0.4) is 0 Å². The van der Waals surface area contributed by atoms with Crippen LogP contribution < -0.4 is 5.32 Å². The van der Waals surface area contributed by atoms with Crippen molar-refractivity contribution in [1.29, 1.82) is 0 Å². The van der Waals surface area contributed by atoms with Gasteiger partial charge in [-0.15, -0.1) is 0 Å². The van der Waals surface area contributed by atoms with Crippen LogP contribution >= 0.6 is 11.8 Å². The fourth-order valence-corrected chi connectivity index (χ4v) is 2.55. The van der Waals surface area contributed by atoms with Crippen molar-refractivity contribution >= 4 is 29.0 Å². The maximum Gasteiger partial charge on any atom is 0.343 e. The second kappa shape index (κ2) is 6.13. The molecule has 2 aromatic rings. The van der Waals surface area contributed by atoms with Crippen molar-refractivity contribution in [2.45, 2.75) is 9.92 Å². The number of anilines is 1. The topological polar surface area (TPSA) is 124 Å². The zero-order valence-electron chi connectivity index (χ0n) is 10.7. The number of hydrogen-bond acceptors (Lipinski definition) is 8. The number of rotatable bonds is 5. The quantitative estimate of drug-likeness (QED) is 0.507. The minimum Gasteiger partial charge on any atom is -0.367 e. The summed E-state index contributed by atoms with van der Waals surface area (Å²) in [6.45, 7) is 0. The number of nitrogens with one attached hydrogen (secondary N) is 1. The molecule has 1 heterocycles. The first-order valence-electron chi connectivity index (χ1n) is 5.63. The lowest BCUT2D eigenvalue weighted by atomic mass is 10.3. The molecule has 0 saturated carbocycles. The largest absolute Gasteiger partial charge is 0.367 e. The number of nitro groups is 2. The van der Waals surface area contributed by atoms with E-state index in [4.69, 9.17) is 0 Å². The summed E-state index contributed by atoms with van der Waals surface area (Å²) < 4.78 is 0. The van der Waals surface area contributed by atoms with Gasteiger partial charge in [0.15, 0.2) is 5.03 Å².